The van der Waals surface area contributed by atoms with Crippen LogP contribution in [0, 0.1) is 0 Å². The van der Waals surface area contributed by atoms with E-state index in [2.05, 4.69) is 4.90 Å². The molecule has 10 nitrogen and oxygen atoms in total. The average molecular weight is 492 g/mol. The number of piperidine rings is 1. The molecule has 2 atom stereocenters. The Balaban J connectivity index is 1.34. The molecule has 5 heterocycles. The molecule has 2 N–H and O–H groups in total. The third-order valence-electron chi connectivity index (χ3n) is 7.35. The van der Waals surface area contributed by atoms with Crippen molar-refractivity contribution in [3.05, 3.63) is 30.5 Å². The van der Waals surface area contributed by atoms with Crippen molar-refractivity contribution in [1.82, 2.24) is 24.6 Å². The van der Waals surface area contributed by atoms with E-state index in [9.17, 15) is 4.79 Å². The number of benzene rings is 1. The number of nitrogen functional groups attached to an aromatic ring is 1. The monoisotopic (exact) mass is 491 g/mol. The number of carbonyl (C=O) groups excluding carboxylic acids is 1. The SMILES string of the molecule is CC(C)OC(=O)N1CCC(n2ncc3c(N4CC5CCC(C4)O5)nc(-c4ccc(N)cc4)nc32)CC1. The lowest BCUT2D eigenvalue weighted by Gasteiger charge is -2.33. The van der Waals surface area contributed by atoms with Crippen LogP contribution < -0.4 is 10.6 Å². The summed E-state index contributed by atoms with van der Waals surface area (Å²) in [6, 6.07) is 7.82. The van der Waals surface area contributed by atoms with E-state index in [0.29, 0.717) is 24.6 Å². The van der Waals surface area contributed by atoms with Crippen LogP contribution in [0.3, 0.4) is 0 Å². The average Bonchev–Trinajstić information content (AvgIpc) is 3.45. The van der Waals surface area contributed by atoms with Crippen molar-refractivity contribution in [2.45, 2.75) is 63.9 Å². The normalized spacial score (nSPS) is 22.5. The smallest absolute Gasteiger partial charge is 0.410 e. The van der Waals surface area contributed by atoms with E-state index in [1.54, 1.807) is 4.90 Å². The number of rotatable bonds is 4. The van der Waals surface area contributed by atoms with Crippen molar-refractivity contribution in [3.8, 4) is 11.4 Å². The molecule has 2 bridgehead atoms. The summed E-state index contributed by atoms with van der Waals surface area (Å²) >= 11 is 0. The molecular weight excluding hydrogens is 458 g/mol. The van der Waals surface area contributed by atoms with Crippen LogP contribution in [0.15, 0.2) is 30.5 Å². The Morgan fingerprint density at radius 3 is 2.42 bits per heavy atom. The Labute approximate surface area is 210 Å². The van der Waals surface area contributed by atoms with Crippen LogP contribution in [0.1, 0.15) is 45.6 Å². The fourth-order valence-corrected chi connectivity index (χ4v) is 5.54. The van der Waals surface area contributed by atoms with Gasteiger partial charge in [0.25, 0.3) is 0 Å². The highest BCUT2D eigenvalue weighted by atomic mass is 16.6. The number of fused-ring (bicyclic) bond motifs is 3. The fraction of sp³-hybridized carbons (Fsp3) is 0.538. The summed E-state index contributed by atoms with van der Waals surface area (Å²) in [4.78, 5) is 26.5. The molecule has 1 amide bonds. The summed E-state index contributed by atoms with van der Waals surface area (Å²) in [5.41, 5.74) is 8.38. The molecule has 6 rings (SSSR count). The molecule has 0 aliphatic carbocycles. The number of carbonyl (C=O) groups is 1. The minimum Gasteiger partial charge on any atom is -0.447 e. The molecule has 10 heteroatoms. The highest BCUT2D eigenvalue weighted by Crippen LogP contribution is 2.35. The zero-order chi connectivity index (χ0) is 24.8. The second-order valence-electron chi connectivity index (χ2n) is 10.3. The molecule has 3 saturated heterocycles. The van der Waals surface area contributed by atoms with E-state index in [0.717, 1.165) is 61.2 Å². The number of nitrogens with two attached hydrogens (primary N) is 1. The van der Waals surface area contributed by atoms with Gasteiger partial charge in [0.15, 0.2) is 11.5 Å². The molecule has 36 heavy (non-hydrogen) atoms. The van der Waals surface area contributed by atoms with Crippen molar-refractivity contribution in [1.29, 1.82) is 0 Å². The Morgan fingerprint density at radius 1 is 1.06 bits per heavy atom. The first-order chi connectivity index (χ1) is 17.4. The van der Waals surface area contributed by atoms with Crippen LogP contribution in [-0.2, 0) is 9.47 Å². The number of morpholine rings is 1. The lowest BCUT2D eigenvalue weighted by atomic mass is 10.1. The van der Waals surface area contributed by atoms with E-state index >= 15 is 0 Å². The third-order valence-corrected chi connectivity index (χ3v) is 7.35. The number of amides is 1. The molecule has 2 unspecified atom stereocenters. The molecule has 3 aromatic rings. The standard InChI is InChI=1S/C26H33N7O3/c1-16(2)35-26(34)31-11-9-19(10-12-31)33-25-22(13-28-33)24(32-14-20-7-8-21(15-32)36-20)29-23(30-25)17-3-5-18(27)6-4-17/h3-6,13,16,19-21H,7-12,14-15,27H2,1-2H3. The highest BCUT2D eigenvalue weighted by Gasteiger charge is 2.36. The Kier molecular flexibility index (Phi) is 5.91. The van der Waals surface area contributed by atoms with Gasteiger partial charge in [0, 0.05) is 37.4 Å². The number of nitrogens with zero attached hydrogens (tertiary/aromatic N) is 6. The fourth-order valence-electron chi connectivity index (χ4n) is 5.54. The second kappa shape index (κ2) is 9.24. The predicted octanol–water partition coefficient (Wildman–Crippen LogP) is 3.63. The second-order valence-corrected chi connectivity index (χ2v) is 10.3. The van der Waals surface area contributed by atoms with Crippen LogP contribution in [0.5, 0.6) is 0 Å². The maximum Gasteiger partial charge on any atom is 0.410 e. The van der Waals surface area contributed by atoms with Gasteiger partial charge < -0.3 is 25.0 Å². The van der Waals surface area contributed by atoms with Gasteiger partial charge in [-0.05, 0) is 63.8 Å². The first-order valence-electron chi connectivity index (χ1n) is 12.9. The van der Waals surface area contributed by atoms with Crippen molar-refractivity contribution >= 4 is 28.6 Å². The van der Waals surface area contributed by atoms with Crippen LogP contribution in [0.4, 0.5) is 16.3 Å². The Morgan fingerprint density at radius 2 is 1.75 bits per heavy atom. The largest absolute Gasteiger partial charge is 0.447 e. The van der Waals surface area contributed by atoms with Gasteiger partial charge in [-0.25, -0.2) is 19.4 Å². The van der Waals surface area contributed by atoms with Gasteiger partial charge in [-0.15, -0.1) is 0 Å². The zero-order valence-electron chi connectivity index (χ0n) is 20.8. The van der Waals surface area contributed by atoms with Crippen LogP contribution in [0.2, 0.25) is 0 Å². The summed E-state index contributed by atoms with van der Waals surface area (Å²) in [6.45, 7) is 6.66. The minimum atomic E-state index is -0.244. The minimum absolute atomic E-state index is 0.123. The quantitative estimate of drug-likeness (QED) is 0.551. The van der Waals surface area contributed by atoms with Crippen molar-refractivity contribution in [3.63, 3.8) is 0 Å². The number of anilines is 2. The molecule has 2 aromatic heterocycles. The highest BCUT2D eigenvalue weighted by molar-refractivity contribution is 5.89. The molecule has 3 fully saturated rings. The third kappa shape index (κ3) is 4.34. The lowest BCUT2D eigenvalue weighted by molar-refractivity contribution is 0.0303. The summed E-state index contributed by atoms with van der Waals surface area (Å²) in [5, 5.41) is 5.75. The van der Waals surface area contributed by atoms with E-state index in [1.165, 1.54) is 0 Å². The van der Waals surface area contributed by atoms with E-state index in [4.69, 9.17) is 30.3 Å². The van der Waals surface area contributed by atoms with Gasteiger partial charge in [0.2, 0.25) is 0 Å². The molecule has 3 aliphatic heterocycles. The van der Waals surface area contributed by atoms with Crippen LogP contribution in [0.25, 0.3) is 22.4 Å². The molecule has 0 saturated carbocycles. The summed E-state index contributed by atoms with van der Waals surface area (Å²) < 4.78 is 13.5. The lowest BCUT2D eigenvalue weighted by Crippen LogP contribution is -2.43. The van der Waals surface area contributed by atoms with Gasteiger partial charge >= 0.3 is 6.09 Å². The van der Waals surface area contributed by atoms with Gasteiger partial charge in [-0.3, -0.25) is 0 Å². The predicted molar refractivity (Wildman–Crippen MR) is 137 cm³/mol. The summed E-state index contributed by atoms with van der Waals surface area (Å²) in [5.74, 6) is 1.58. The van der Waals surface area contributed by atoms with Crippen molar-refractivity contribution < 1.29 is 14.3 Å². The van der Waals surface area contributed by atoms with Crippen molar-refractivity contribution in [2.75, 3.05) is 36.8 Å². The Hall–Kier alpha value is -3.40. The molecule has 0 radical (unpaired) electrons. The van der Waals surface area contributed by atoms with Gasteiger partial charge in [0.05, 0.1) is 35.9 Å². The van der Waals surface area contributed by atoms with Gasteiger partial charge in [-0.1, -0.05) is 0 Å². The number of aromatic nitrogens is 4. The molecule has 1 aromatic carbocycles. The van der Waals surface area contributed by atoms with Gasteiger partial charge in [0.1, 0.15) is 5.82 Å². The first kappa shape index (κ1) is 23.0. The first-order valence-corrected chi connectivity index (χ1v) is 12.9. The van der Waals surface area contributed by atoms with Crippen LogP contribution in [-0.4, -0.2) is 75.2 Å². The molecular formula is C26H33N7O3. The number of likely N-dealkylation sites (tertiary alicyclic amines) is 1. The maximum atomic E-state index is 12.4. The zero-order valence-corrected chi connectivity index (χ0v) is 20.8. The molecule has 190 valence electrons. The summed E-state index contributed by atoms with van der Waals surface area (Å²) in [6.07, 6.45) is 5.80. The van der Waals surface area contributed by atoms with Crippen LogP contribution >= 0.6 is 0 Å². The topological polar surface area (TPSA) is 112 Å². The molecule has 3 aliphatic rings. The van der Waals surface area contributed by atoms with E-state index < -0.39 is 0 Å². The number of hydrogen-bond acceptors (Lipinski definition) is 8. The Bertz CT molecular complexity index is 1240. The van der Waals surface area contributed by atoms with Gasteiger partial charge in [-0.2, -0.15) is 5.10 Å². The summed E-state index contributed by atoms with van der Waals surface area (Å²) in [7, 11) is 0. The number of ether oxygens (including phenoxy) is 2. The van der Waals surface area contributed by atoms with E-state index in [1.807, 2.05) is 49.0 Å². The van der Waals surface area contributed by atoms with E-state index in [-0.39, 0.29) is 30.4 Å². The molecule has 0 spiro atoms. The van der Waals surface area contributed by atoms with Crippen molar-refractivity contribution in [2.24, 2.45) is 0 Å². The maximum absolute atomic E-state index is 12.4. The number of hydrogen-bond donors (Lipinski definition) is 1.